The molecule has 0 unspecified atom stereocenters. The van der Waals surface area contributed by atoms with Gasteiger partial charge in [0, 0.05) is 32.7 Å². The van der Waals surface area contributed by atoms with E-state index in [1.54, 1.807) is 0 Å². The van der Waals surface area contributed by atoms with Crippen LogP contribution in [0.1, 0.15) is 27.8 Å². The van der Waals surface area contributed by atoms with Crippen molar-refractivity contribution in [2.24, 2.45) is 0 Å². The first-order valence-corrected chi connectivity index (χ1v) is 11.2. The molecule has 2 aliphatic rings. The first-order chi connectivity index (χ1) is 15.4. The lowest BCUT2D eigenvalue weighted by Gasteiger charge is -2.36. The Bertz CT molecular complexity index is 1050. The van der Waals surface area contributed by atoms with Gasteiger partial charge >= 0.3 is 0 Å². The first kappa shape index (κ1) is 22.2. The third-order valence-electron chi connectivity index (χ3n) is 6.51. The van der Waals surface area contributed by atoms with Crippen LogP contribution >= 0.6 is 0 Å². The van der Waals surface area contributed by atoms with E-state index >= 15 is 0 Å². The minimum atomic E-state index is -0.230. The largest absolute Gasteiger partial charge is 0.395 e. The van der Waals surface area contributed by atoms with Crippen molar-refractivity contribution in [3.63, 3.8) is 0 Å². The number of benzene rings is 2. The highest BCUT2D eigenvalue weighted by Crippen LogP contribution is 2.34. The Morgan fingerprint density at radius 3 is 2.16 bits per heavy atom. The van der Waals surface area contributed by atoms with Crippen molar-refractivity contribution in [3.05, 3.63) is 76.0 Å². The van der Waals surface area contributed by atoms with E-state index in [9.17, 15) is 14.7 Å². The summed E-state index contributed by atoms with van der Waals surface area (Å²) < 4.78 is 0. The molecule has 1 saturated heterocycles. The number of nitrogens with zero attached hydrogens (tertiary/aromatic N) is 3. The summed E-state index contributed by atoms with van der Waals surface area (Å²) in [5, 5.41) is 9.23. The van der Waals surface area contributed by atoms with Gasteiger partial charge in [0.25, 0.3) is 11.8 Å². The Labute approximate surface area is 189 Å². The second-order valence-electron chi connectivity index (χ2n) is 8.76. The van der Waals surface area contributed by atoms with Crippen LogP contribution in [0.15, 0.2) is 48.2 Å². The quantitative estimate of drug-likeness (QED) is 0.710. The lowest BCUT2D eigenvalue weighted by molar-refractivity contribution is -0.138. The molecule has 4 rings (SSSR count). The molecule has 0 radical (unpaired) electrons. The van der Waals surface area contributed by atoms with Gasteiger partial charge in [-0.3, -0.25) is 19.4 Å². The van der Waals surface area contributed by atoms with Gasteiger partial charge in [-0.1, -0.05) is 48.0 Å². The van der Waals surface area contributed by atoms with Gasteiger partial charge in [0.15, 0.2) is 0 Å². The Morgan fingerprint density at radius 1 is 0.844 bits per heavy atom. The van der Waals surface area contributed by atoms with Gasteiger partial charge in [-0.15, -0.1) is 0 Å². The molecule has 0 aliphatic carbocycles. The molecule has 0 spiro atoms. The average Bonchev–Trinajstić information content (AvgIpc) is 3.03. The zero-order valence-corrected chi connectivity index (χ0v) is 19.1. The first-order valence-electron chi connectivity index (χ1n) is 11.2. The van der Waals surface area contributed by atoms with Crippen molar-refractivity contribution in [2.45, 2.75) is 27.3 Å². The standard InChI is InChI=1S/C26H31N3O3/c1-18-4-7-21(8-5-18)17-29-25(31)23(22-9-6-19(2)20(3)16-22)24(26(29)32)28-12-10-27(11-13-28)14-15-30/h4-9,16,30H,10-15,17H2,1-3H3. The molecule has 0 bridgehead atoms. The van der Waals surface area contributed by atoms with Gasteiger partial charge < -0.3 is 10.0 Å². The Kier molecular flexibility index (Phi) is 6.44. The summed E-state index contributed by atoms with van der Waals surface area (Å²) in [6.07, 6.45) is 0. The highest BCUT2D eigenvalue weighted by atomic mass is 16.3. The lowest BCUT2D eigenvalue weighted by atomic mass is 9.99. The fourth-order valence-corrected chi connectivity index (χ4v) is 4.37. The number of carbonyl (C=O) groups excluding carboxylic acids is 2. The van der Waals surface area contributed by atoms with Crippen molar-refractivity contribution < 1.29 is 14.7 Å². The summed E-state index contributed by atoms with van der Waals surface area (Å²) in [6.45, 7) is 9.92. The minimum absolute atomic E-state index is 0.123. The molecule has 6 heteroatoms. The molecule has 6 nitrogen and oxygen atoms in total. The molecule has 0 aromatic heterocycles. The number of aliphatic hydroxyl groups excluding tert-OH is 1. The zero-order chi connectivity index (χ0) is 22.8. The van der Waals surface area contributed by atoms with Crippen LogP contribution in [-0.2, 0) is 16.1 Å². The monoisotopic (exact) mass is 433 g/mol. The maximum absolute atomic E-state index is 13.6. The Hall–Kier alpha value is -2.96. The Balaban J connectivity index is 1.69. The van der Waals surface area contributed by atoms with Gasteiger partial charge in [-0.05, 0) is 43.0 Å². The van der Waals surface area contributed by atoms with E-state index < -0.39 is 0 Å². The van der Waals surface area contributed by atoms with Crippen LogP contribution in [0.2, 0.25) is 0 Å². The van der Waals surface area contributed by atoms with E-state index in [4.69, 9.17) is 0 Å². The maximum Gasteiger partial charge on any atom is 0.278 e. The predicted octanol–water partition coefficient (Wildman–Crippen LogP) is 2.50. The van der Waals surface area contributed by atoms with E-state index in [1.165, 1.54) is 4.90 Å². The molecular weight excluding hydrogens is 402 g/mol. The van der Waals surface area contributed by atoms with Gasteiger partial charge in [0.1, 0.15) is 5.70 Å². The van der Waals surface area contributed by atoms with Crippen LogP contribution in [0.25, 0.3) is 5.57 Å². The molecule has 32 heavy (non-hydrogen) atoms. The number of carbonyl (C=O) groups is 2. The van der Waals surface area contributed by atoms with E-state index in [2.05, 4.69) is 4.90 Å². The van der Waals surface area contributed by atoms with Crippen molar-refractivity contribution in [3.8, 4) is 0 Å². The molecule has 168 valence electrons. The number of aliphatic hydroxyl groups is 1. The molecule has 2 aliphatic heterocycles. The van der Waals surface area contributed by atoms with E-state index in [1.807, 2.05) is 68.1 Å². The minimum Gasteiger partial charge on any atom is -0.395 e. The fourth-order valence-electron chi connectivity index (χ4n) is 4.37. The zero-order valence-electron chi connectivity index (χ0n) is 19.1. The van der Waals surface area contributed by atoms with Crippen LogP contribution in [0.4, 0.5) is 0 Å². The summed E-state index contributed by atoms with van der Waals surface area (Å²) in [7, 11) is 0. The van der Waals surface area contributed by atoms with E-state index in [-0.39, 0.29) is 25.0 Å². The summed E-state index contributed by atoms with van der Waals surface area (Å²) in [4.78, 5) is 32.8. The smallest absolute Gasteiger partial charge is 0.278 e. The summed E-state index contributed by atoms with van der Waals surface area (Å²) >= 11 is 0. The molecule has 1 fully saturated rings. The molecule has 0 saturated carbocycles. The molecule has 2 heterocycles. The molecule has 2 amide bonds. The SMILES string of the molecule is Cc1ccc(CN2C(=O)C(c3ccc(C)c(C)c3)=C(N3CCN(CCO)CC3)C2=O)cc1. The third kappa shape index (κ3) is 4.33. The van der Waals surface area contributed by atoms with Crippen molar-refractivity contribution in [1.82, 2.24) is 14.7 Å². The number of amides is 2. The number of β-amino-alcohol motifs (C(OH)–C–C–N with tert-alkyl or cyclic N) is 1. The van der Waals surface area contributed by atoms with Gasteiger partial charge in [0.2, 0.25) is 0 Å². The van der Waals surface area contributed by atoms with Crippen LogP contribution in [0, 0.1) is 20.8 Å². The van der Waals surface area contributed by atoms with Crippen LogP contribution in [0.3, 0.4) is 0 Å². The normalized spacial score (nSPS) is 17.6. The van der Waals surface area contributed by atoms with Crippen LogP contribution < -0.4 is 0 Å². The maximum atomic E-state index is 13.6. The fraction of sp³-hybridized carbons (Fsp3) is 0.385. The number of hydrogen-bond donors (Lipinski definition) is 1. The average molecular weight is 434 g/mol. The number of aryl methyl sites for hydroxylation is 3. The molecule has 0 atom stereocenters. The summed E-state index contributed by atoms with van der Waals surface area (Å²) in [5.41, 5.74) is 6.13. The summed E-state index contributed by atoms with van der Waals surface area (Å²) in [6, 6.07) is 13.9. The lowest BCUT2D eigenvalue weighted by Crippen LogP contribution is -2.48. The third-order valence-corrected chi connectivity index (χ3v) is 6.51. The second kappa shape index (κ2) is 9.27. The van der Waals surface area contributed by atoms with Gasteiger partial charge in [-0.25, -0.2) is 0 Å². The van der Waals surface area contributed by atoms with Crippen LogP contribution in [-0.4, -0.2) is 71.0 Å². The molecule has 2 aromatic carbocycles. The van der Waals surface area contributed by atoms with Crippen molar-refractivity contribution >= 4 is 17.4 Å². The van der Waals surface area contributed by atoms with E-state index in [0.717, 1.165) is 40.9 Å². The molecule has 1 N–H and O–H groups in total. The Morgan fingerprint density at radius 2 is 1.53 bits per heavy atom. The summed E-state index contributed by atoms with van der Waals surface area (Å²) in [5.74, 6) is -0.453. The van der Waals surface area contributed by atoms with E-state index in [0.29, 0.717) is 30.9 Å². The number of rotatable bonds is 6. The molecular formula is C26H31N3O3. The second-order valence-corrected chi connectivity index (χ2v) is 8.76. The van der Waals surface area contributed by atoms with Gasteiger partial charge in [0.05, 0.1) is 18.7 Å². The molecule has 2 aromatic rings. The number of piperazine rings is 1. The highest BCUT2D eigenvalue weighted by molar-refractivity contribution is 6.35. The topological polar surface area (TPSA) is 64.1 Å². The van der Waals surface area contributed by atoms with Crippen molar-refractivity contribution in [2.75, 3.05) is 39.3 Å². The predicted molar refractivity (Wildman–Crippen MR) is 125 cm³/mol. The van der Waals surface area contributed by atoms with Crippen LogP contribution in [0.5, 0.6) is 0 Å². The van der Waals surface area contributed by atoms with Crippen molar-refractivity contribution in [1.29, 1.82) is 0 Å². The number of hydrogen-bond acceptors (Lipinski definition) is 5. The van der Waals surface area contributed by atoms with Gasteiger partial charge in [-0.2, -0.15) is 0 Å². The highest BCUT2D eigenvalue weighted by Gasteiger charge is 2.42. The number of imide groups is 1.